The Balaban J connectivity index is 2.24. The van der Waals surface area contributed by atoms with Crippen LogP contribution < -0.4 is 5.32 Å². The van der Waals surface area contributed by atoms with Crippen LogP contribution in [-0.2, 0) is 4.79 Å². The lowest BCUT2D eigenvalue weighted by Gasteiger charge is -2.21. The van der Waals surface area contributed by atoms with Gasteiger partial charge in [0, 0.05) is 39.6 Å². The van der Waals surface area contributed by atoms with Gasteiger partial charge >= 0.3 is 6.03 Å². The van der Waals surface area contributed by atoms with Crippen LogP contribution in [0.2, 0.25) is 0 Å². The van der Waals surface area contributed by atoms with Gasteiger partial charge in [0.1, 0.15) is 0 Å². The first kappa shape index (κ1) is 11.8. The van der Waals surface area contributed by atoms with Crippen LogP contribution in [0.25, 0.3) is 0 Å². The molecule has 0 aromatic heterocycles. The third kappa shape index (κ3) is 3.42. The van der Waals surface area contributed by atoms with Gasteiger partial charge in [-0.15, -0.1) is 0 Å². The predicted molar refractivity (Wildman–Crippen MR) is 57.5 cm³/mol. The number of carbonyl (C=O) groups is 2. The third-order valence-corrected chi connectivity index (χ3v) is 2.55. The molecule has 0 atom stereocenters. The number of likely N-dealkylation sites (tertiary alicyclic amines) is 1. The summed E-state index contributed by atoms with van der Waals surface area (Å²) < 4.78 is 0. The van der Waals surface area contributed by atoms with Gasteiger partial charge in [-0.05, 0) is 13.3 Å². The average molecular weight is 213 g/mol. The number of rotatable bonds is 4. The van der Waals surface area contributed by atoms with Crippen molar-refractivity contribution in [2.24, 2.45) is 0 Å². The zero-order chi connectivity index (χ0) is 11.3. The number of likely N-dealkylation sites (N-methyl/N-ethyl adjacent to an activating group) is 1. The number of nitrogens with one attached hydrogen (secondary N) is 1. The Morgan fingerprint density at radius 3 is 2.87 bits per heavy atom. The van der Waals surface area contributed by atoms with E-state index in [1.165, 1.54) is 0 Å². The van der Waals surface area contributed by atoms with Gasteiger partial charge in [0.25, 0.3) is 0 Å². The molecular weight excluding hydrogens is 194 g/mol. The van der Waals surface area contributed by atoms with Gasteiger partial charge in [0.05, 0.1) is 0 Å². The number of hydrogen-bond donors (Lipinski definition) is 1. The van der Waals surface area contributed by atoms with Crippen molar-refractivity contribution in [3.8, 4) is 0 Å². The summed E-state index contributed by atoms with van der Waals surface area (Å²) in [6, 6.07) is -0.0795. The Morgan fingerprint density at radius 1 is 1.60 bits per heavy atom. The van der Waals surface area contributed by atoms with Crippen LogP contribution in [0.4, 0.5) is 4.79 Å². The molecule has 0 aliphatic carbocycles. The van der Waals surface area contributed by atoms with Crippen molar-refractivity contribution < 1.29 is 9.59 Å². The second kappa shape index (κ2) is 5.58. The molecule has 0 saturated carbocycles. The fraction of sp³-hybridized carbons (Fsp3) is 0.800. The van der Waals surface area contributed by atoms with Gasteiger partial charge in [0.2, 0.25) is 5.91 Å². The van der Waals surface area contributed by atoms with Crippen molar-refractivity contribution in [3.63, 3.8) is 0 Å². The molecule has 86 valence electrons. The van der Waals surface area contributed by atoms with Gasteiger partial charge in [0.15, 0.2) is 0 Å². The quantitative estimate of drug-likeness (QED) is 0.728. The standard InChI is InChI=1S/C10H19N3O2/c1-3-11-10(15)12(2)7-8-13-6-4-5-9(13)14/h3-8H2,1-2H3,(H,11,15). The van der Waals surface area contributed by atoms with Crippen molar-refractivity contribution >= 4 is 11.9 Å². The molecule has 1 heterocycles. The van der Waals surface area contributed by atoms with Gasteiger partial charge < -0.3 is 15.1 Å². The molecule has 1 N–H and O–H groups in total. The first-order valence-electron chi connectivity index (χ1n) is 5.42. The van der Waals surface area contributed by atoms with Gasteiger partial charge in [-0.25, -0.2) is 4.79 Å². The van der Waals surface area contributed by atoms with Crippen molar-refractivity contribution in [2.75, 3.05) is 33.2 Å². The maximum atomic E-state index is 11.3. The summed E-state index contributed by atoms with van der Waals surface area (Å²) in [5, 5.41) is 2.72. The Labute approximate surface area is 90.4 Å². The maximum Gasteiger partial charge on any atom is 0.317 e. The van der Waals surface area contributed by atoms with E-state index in [9.17, 15) is 9.59 Å². The second-order valence-electron chi connectivity index (χ2n) is 3.74. The van der Waals surface area contributed by atoms with Crippen LogP contribution in [0.5, 0.6) is 0 Å². The summed E-state index contributed by atoms with van der Waals surface area (Å²) >= 11 is 0. The van der Waals surface area contributed by atoms with Crippen LogP contribution in [0.15, 0.2) is 0 Å². The van der Waals surface area contributed by atoms with E-state index in [1.807, 2.05) is 11.8 Å². The molecule has 5 heteroatoms. The molecule has 1 saturated heterocycles. The Kier molecular flexibility index (Phi) is 4.39. The van der Waals surface area contributed by atoms with Gasteiger partial charge in [-0.2, -0.15) is 0 Å². The number of carbonyl (C=O) groups excluding carboxylic acids is 2. The highest BCUT2D eigenvalue weighted by molar-refractivity contribution is 5.78. The zero-order valence-corrected chi connectivity index (χ0v) is 9.45. The Morgan fingerprint density at radius 2 is 2.33 bits per heavy atom. The highest BCUT2D eigenvalue weighted by atomic mass is 16.2. The highest BCUT2D eigenvalue weighted by Crippen LogP contribution is 2.08. The predicted octanol–water partition coefficient (Wildman–Crippen LogP) is 0.270. The maximum absolute atomic E-state index is 11.3. The summed E-state index contributed by atoms with van der Waals surface area (Å²) in [7, 11) is 1.74. The highest BCUT2D eigenvalue weighted by Gasteiger charge is 2.20. The Hall–Kier alpha value is -1.26. The minimum absolute atomic E-state index is 0.0795. The first-order valence-corrected chi connectivity index (χ1v) is 5.42. The number of amides is 3. The van der Waals surface area contributed by atoms with E-state index >= 15 is 0 Å². The van der Waals surface area contributed by atoms with Crippen molar-refractivity contribution in [2.45, 2.75) is 19.8 Å². The van der Waals surface area contributed by atoms with Crippen LogP contribution >= 0.6 is 0 Å². The van der Waals surface area contributed by atoms with Gasteiger partial charge in [-0.3, -0.25) is 4.79 Å². The fourth-order valence-electron chi connectivity index (χ4n) is 1.60. The van der Waals surface area contributed by atoms with Crippen LogP contribution in [0.3, 0.4) is 0 Å². The summed E-state index contributed by atoms with van der Waals surface area (Å²) in [6.07, 6.45) is 1.61. The minimum atomic E-state index is -0.0795. The van der Waals surface area contributed by atoms with E-state index in [-0.39, 0.29) is 11.9 Å². The molecule has 5 nitrogen and oxygen atoms in total. The van der Waals surface area contributed by atoms with Crippen LogP contribution in [0.1, 0.15) is 19.8 Å². The second-order valence-corrected chi connectivity index (χ2v) is 3.74. The monoisotopic (exact) mass is 213 g/mol. The molecule has 0 unspecified atom stereocenters. The molecule has 0 radical (unpaired) electrons. The normalized spacial score (nSPS) is 15.6. The smallest absolute Gasteiger partial charge is 0.317 e. The molecule has 0 aromatic rings. The molecular formula is C10H19N3O2. The molecule has 0 aromatic carbocycles. The third-order valence-electron chi connectivity index (χ3n) is 2.55. The fourth-order valence-corrected chi connectivity index (χ4v) is 1.60. The summed E-state index contributed by atoms with van der Waals surface area (Å²) in [5.41, 5.74) is 0. The van der Waals surface area contributed by atoms with Crippen molar-refractivity contribution in [3.05, 3.63) is 0 Å². The van der Waals surface area contributed by atoms with E-state index in [4.69, 9.17) is 0 Å². The largest absolute Gasteiger partial charge is 0.341 e. The molecule has 1 fully saturated rings. The summed E-state index contributed by atoms with van der Waals surface area (Å²) in [4.78, 5) is 26.1. The summed E-state index contributed by atoms with van der Waals surface area (Å²) in [6.45, 7) is 4.59. The lowest BCUT2D eigenvalue weighted by molar-refractivity contribution is -0.127. The number of nitrogens with zero attached hydrogens (tertiary/aromatic N) is 2. The lowest BCUT2D eigenvalue weighted by Crippen LogP contribution is -2.41. The molecule has 15 heavy (non-hydrogen) atoms. The SMILES string of the molecule is CCNC(=O)N(C)CCN1CCCC1=O. The molecule has 1 rings (SSSR count). The van der Waals surface area contributed by atoms with Gasteiger partial charge in [-0.1, -0.05) is 0 Å². The minimum Gasteiger partial charge on any atom is -0.341 e. The van der Waals surface area contributed by atoms with E-state index < -0.39 is 0 Å². The molecule has 1 aliphatic heterocycles. The Bertz CT molecular complexity index is 243. The van der Waals surface area contributed by atoms with E-state index in [0.29, 0.717) is 26.1 Å². The van der Waals surface area contributed by atoms with E-state index in [2.05, 4.69) is 5.32 Å². The lowest BCUT2D eigenvalue weighted by atomic mass is 10.4. The van der Waals surface area contributed by atoms with E-state index in [0.717, 1.165) is 13.0 Å². The number of urea groups is 1. The average Bonchev–Trinajstić information content (AvgIpc) is 2.61. The number of hydrogen-bond acceptors (Lipinski definition) is 2. The first-order chi connectivity index (χ1) is 7.15. The summed E-state index contributed by atoms with van der Waals surface area (Å²) in [5.74, 6) is 0.208. The molecule has 0 spiro atoms. The van der Waals surface area contributed by atoms with Crippen LogP contribution in [-0.4, -0.2) is 55.0 Å². The van der Waals surface area contributed by atoms with Crippen molar-refractivity contribution in [1.82, 2.24) is 15.1 Å². The van der Waals surface area contributed by atoms with Crippen LogP contribution in [0, 0.1) is 0 Å². The molecule has 3 amide bonds. The molecule has 1 aliphatic rings. The van der Waals surface area contributed by atoms with E-state index in [1.54, 1.807) is 11.9 Å². The zero-order valence-electron chi connectivity index (χ0n) is 9.45. The topological polar surface area (TPSA) is 52.7 Å². The van der Waals surface area contributed by atoms with Crippen molar-refractivity contribution in [1.29, 1.82) is 0 Å². The molecule has 0 bridgehead atoms.